The molecule has 1 aliphatic heterocycles. The van der Waals surface area contributed by atoms with Crippen LogP contribution in [0.25, 0.3) is 6.08 Å². The number of thioether (sulfide) groups is 1. The van der Waals surface area contributed by atoms with Gasteiger partial charge >= 0.3 is 0 Å². The standard InChI is InChI=1S/C21H18BrN3O3S2/c1-13-6-8-14(9-7-13)12-17-20(28)25(21(29)30-17)11-10-18(26)23-24-19(27)15-4-2-3-5-16(15)22/h2-9,12H,10-11H2,1H3,(H,23,26)(H,24,27)/b17-12+. The highest BCUT2D eigenvalue weighted by Crippen LogP contribution is 2.32. The minimum absolute atomic E-state index is 0.000487. The average Bonchev–Trinajstić information content (AvgIpc) is 2.99. The Morgan fingerprint density at radius 2 is 1.83 bits per heavy atom. The van der Waals surface area contributed by atoms with Crippen LogP contribution >= 0.6 is 39.9 Å². The molecule has 3 amide bonds. The van der Waals surface area contributed by atoms with Gasteiger partial charge in [0.25, 0.3) is 11.8 Å². The van der Waals surface area contributed by atoms with Crippen LogP contribution in [0.15, 0.2) is 57.9 Å². The topological polar surface area (TPSA) is 78.5 Å². The number of aryl methyl sites for hydroxylation is 1. The lowest BCUT2D eigenvalue weighted by atomic mass is 10.1. The van der Waals surface area contributed by atoms with Crippen LogP contribution in [0, 0.1) is 6.92 Å². The Balaban J connectivity index is 1.52. The quantitative estimate of drug-likeness (QED) is 0.368. The van der Waals surface area contributed by atoms with Crippen LogP contribution < -0.4 is 10.9 Å². The highest BCUT2D eigenvalue weighted by atomic mass is 79.9. The Morgan fingerprint density at radius 1 is 1.13 bits per heavy atom. The van der Waals surface area contributed by atoms with Crippen molar-refractivity contribution >= 4 is 68.0 Å². The number of nitrogens with zero attached hydrogens (tertiary/aromatic N) is 1. The number of carbonyl (C=O) groups is 3. The second-order valence-corrected chi connectivity index (χ2v) is 9.01. The fraction of sp³-hybridized carbons (Fsp3) is 0.143. The first-order valence-corrected chi connectivity index (χ1v) is 11.0. The molecule has 0 atom stereocenters. The SMILES string of the molecule is Cc1ccc(/C=C2/SC(=S)N(CCC(=O)NNC(=O)c3ccccc3Br)C2=O)cc1. The molecule has 1 fully saturated rings. The lowest BCUT2D eigenvalue weighted by Gasteiger charge is -2.14. The summed E-state index contributed by atoms with van der Waals surface area (Å²) in [5.74, 6) is -1.09. The number of hydrogen-bond donors (Lipinski definition) is 2. The van der Waals surface area contributed by atoms with Crippen LogP contribution in [0.1, 0.15) is 27.9 Å². The molecule has 3 rings (SSSR count). The fourth-order valence-electron chi connectivity index (χ4n) is 2.62. The van der Waals surface area contributed by atoms with Gasteiger partial charge in [0.15, 0.2) is 0 Å². The minimum atomic E-state index is -0.442. The molecule has 0 saturated carbocycles. The van der Waals surface area contributed by atoms with Gasteiger partial charge in [-0.2, -0.15) is 0 Å². The van der Waals surface area contributed by atoms with Crippen molar-refractivity contribution in [2.45, 2.75) is 13.3 Å². The molecule has 0 unspecified atom stereocenters. The summed E-state index contributed by atoms with van der Waals surface area (Å²) in [7, 11) is 0. The molecule has 30 heavy (non-hydrogen) atoms. The van der Waals surface area contributed by atoms with Gasteiger partial charge in [-0.15, -0.1) is 0 Å². The van der Waals surface area contributed by atoms with Crippen molar-refractivity contribution in [2.75, 3.05) is 6.54 Å². The van der Waals surface area contributed by atoms with Crippen molar-refractivity contribution in [3.8, 4) is 0 Å². The first-order chi connectivity index (χ1) is 14.3. The van der Waals surface area contributed by atoms with E-state index in [0.717, 1.165) is 11.1 Å². The molecule has 1 heterocycles. The van der Waals surface area contributed by atoms with Crippen LogP contribution in [0.3, 0.4) is 0 Å². The van der Waals surface area contributed by atoms with Crippen LogP contribution in [-0.4, -0.2) is 33.5 Å². The molecular weight excluding hydrogens is 486 g/mol. The van der Waals surface area contributed by atoms with E-state index in [0.29, 0.717) is 19.3 Å². The number of halogens is 1. The Bertz CT molecular complexity index is 1040. The van der Waals surface area contributed by atoms with Crippen molar-refractivity contribution in [3.05, 3.63) is 74.6 Å². The van der Waals surface area contributed by atoms with Gasteiger partial charge < -0.3 is 0 Å². The zero-order valence-electron chi connectivity index (χ0n) is 16.0. The van der Waals surface area contributed by atoms with Crippen molar-refractivity contribution in [3.63, 3.8) is 0 Å². The lowest BCUT2D eigenvalue weighted by Crippen LogP contribution is -2.43. The van der Waals surface area contributed by atoms with E-state index in [-0.39, 0.29) is 18.9 Å². The monoisotopic (exact) mass is 503 g/mol. The number of carbonyl (C=O) groups excluding carboxylic acids is 3. The molecule has 154 valence electrons. The smallest absolute Gasteiger partial charge is 0.270 e. The van der Waals surface area contributed by atoms with Gasteiger partial charge in [0.05, 0.1) is 10.5 Å². The van der Waals surface area contributed by atoms with Gasteiger partial charge in [-0.05, 0) is 46.6 Å². The Labute approximate surface area is 192 Å². The second kappa shape index (κ2) is 10.0. The Kier molecular flexibility index (Phi) is 7.41. The van der Waals surface area contributed by atoms with Gasteiger partial charge in [0.2, 0.25) is 5.91 Å². The number of nitrogens with one attached hydrogen (secondary N) is 2. The first-order valence-electron chi connectivity index (χ1n) is 9.01. The van der Waals surface area contributed by atoms with E-state index in [1.807, 2.05) is 31.2 Å². The van der Waals surface area contributed by atoms with E-state index >= 15 is 0 Å². The van der Waals surface area contributed by atoms with E-state index in [4.69, 9.17) is 12.2 Å². The zero-order chi connectivity index (χ0) is 21.7. The highest BCUT2D eigenvalue weighted by Gasteiger charge is 2.32. The summed E-state index contributed by atoms with van der Waals surface area (Å²) in [6, 6.07) is 14.7. The normalized spacial score (nSPS) is 14.9. The van der Waals surface area contributed by atoms with Crippen molar-refractivity contribution < 1.29 is 14.4 Å². The van der Waals surface area contributed by atoms with Gasteiger partial charge in [0, 0.05) is 17.4 Å². The van der Waals surface area contributed by atoms with Crippen LogP contribution in [-0.2, 0) is 9.59 Å². The van der Waals surface area contributed by atoms with E-state index in [2.05, 4.69) is 26.8 Å². The summed E-state index contributed by atoms with van der Waals surface area (Å²) < 4.78 is 1.03. The summed E-state index contributed by atoms with van der Waals surface area (Å²) >= 11 is 9.79. The van der Waals surface area contributed by atoms with Crippen LogP contribution in [0.5, 0.6) is 0 Å². The third-order valence-electron chi connectivity index (χ3n) is 4.25. The molecular formula is C21H18BrN3O3S2. The third kappa shape index (κ3) is 5.56. The largest absolute Gasteiger partial charge is 0.292 e. The Hall–Kier alpha value is -2.49. The van der Waals surface area contributed by atoms with E-state index in [1.54, 1.807) is 30.3 Å². The molecule has 0 bridgehead atoms. The van der Waals surface area contributed by atoms with E-state index in [1.165, 1.54) is 16.7 Å². The molecule has 0 radical (unpaired) electrons. The maximum absolute atomic E-state index is 12.6. The van der Waals surface area contributed by atoms with Crippen molar-refractivity contribution in [2.24, 2.45) is 0 Å². The number of benzene rings is 2. The molecule has 2 N–H and O–H groups in total. The summed E-state index contributed by atoms with van der Waals surface area (Å²) in [6.07, 6.45) is 1.79. The summed E-state index contributed by atoms with van der Waals surface area (Å²) in [5, 5.41) is 0. The first kappa shape index (κ1) is 22.2. The van der Waals surface area contributed by atoms with Gasteiger partial charge in [-0.25, -0.2) is 0 Å². The van der Waals surface area contributed by atoms with E-state index in [9.17, 15) is 14.4 Å². The molecule has 9 heteroatoms. The molecule has 1 aliphatic rings. The van der Waals surface area contributed by atoms with Gasteiger partial charge in [0.1, 0.15) is 4.32 Å². The van der Waals surface area contributed by atoms with Crippen molar-refractivity contribution in [1.82, 2.24) is 15.8 Å². The summed E-state index contributed by atoms with van der Waals surface area (Å²) in [6.45, 7) is 2.13. The molecule has 0 aromatic heterocycles. The van der Waals surface area contributed by atoms with E-state index < -0.39 is 11.8 Å². The van der Waals surface area contributed by atoms with Crippen molar-refractivity contribution in [1.29, 1.82) is 0 Å². The lowest BCUT2D eigenvalue weighted by molar-refractivity contribution is -0.124. The zero-order valence-corrected chi connectivity index (χ0v) is 19.2. The number of hydrogen-bond acceptors (Lipinski definition) is 5. The maximum Gasteiger partial charge on any atom is 0.270 e. The molecule has 0 spiro atoms. The Morgan fingerprint density at radius 3 is 2.53 bits per heavy atom. The van der Waals surface area contributed by atoms with Gasteiger partial charge in [-0.1, -0.05) is 65.9 Å². The third-order valence-corrected chi connectivity index (χ3v) is 6.31. The average molecular weight is 504 g/mol. The predicted octanol–water partition coefficient (Wildman–Crippen LogP) is 3.81. The fourth-order valence-corrected chi connectivity index (χ4v) is 4.40. The number of hydrazine groups is 1. The van der Waals surface area contributed by atoms with Gasteiger partial charge in [-0.3, -0.25) is 30.1 Å². The molecule has 2 aromatic carbocycles. The number of rotatable bonds is 5. The molecule has 6 nitrogen and oxygen atoms in total. The predicted molar refractivity (Wildman–Crippen MR) is 125 cm³/mol. The number of amides is 3. The summed E-state index contributed by atoms with van der Waals surface area (Å²) in [4.78, 5) is 38.8. The summed E-state index contributed by atoms with van der Waals surface area (Å²) in [5.41, 5.74) is 7.16. The van der Waals surface area contributed by atoms with Crippen LogP contribution in [0.4, 0.5) is 0 Å². The molecule has 0 aliphatic carbocycles. The van der Waals surface area contributed by atoms with Crippen LogP contribution in [0.2, 0.25) is 0 Å². The minimum Gasteiger partial charge on any atom is -0.292 e. The highest BCUT2D eigenvalue weighted by molar-refractivity contribution is 9.10. The number of thiocarbonyl (C=S) groups is 1. The molecule has 1 saturated heterocycles. The second-order valence-electron chi connectivity index (χ2n) is 6.48. The maximum atomic E-state index is 12.6. The molecule has 2 aromatic rings.